The Labute approximate surface area is 128 Å². The molecule has 0 radical (unpaired) electrons. The van der Waals surface area contributed by atoms with E-state index in [0.29, 0.717) is 5.02 Å². The maximum atomic E-state index is 6.34. The number of nitrogens with zero attached hydrogens (tertiary/aromatic N) is 2. The van der Waals surface area contributed by atoms with Crippen molar-refractivity contribution in [2.45, 2.75) is 19.2 Å². The molecule has 2 aromatic carbocycles. The largest absolute Gasteiger partial charge is 0.294 e. The summed E-state index contributed by atoms with van der Waals surface area (Å²) < 4.78 is 2.04. The number of aromatic nitrogens is 2. The first-order chi connectivity index (χ1) is 9.59. The summed E-state index contributed by atoms with van der Waals surface area (Å²) in [6, 6.07) is 13.9. The number of halogens is 2. The van der Waals surface area contributed by atoms with Crippen molar-refractivity contribution in [1.29, 1.82) is 0 Å². The first-order valence-electron chi connectivity index (χ1n) is 6.46. The van der Waals surface area contributed by atoms with E-state index in [9.17, 15) is 0 Å². The third-order valence-electron chi connectivity index (χ3n) is 3.36. The van der Waals surface area contributed by atoms with Crippen LogP contribution in [0.5, 0.6) is 0 Å². The zero-order valence-corrected chi connectivity index (χ0v) is 12.8. The van der Waals surface area contributed by atoms with E-state index in [1.807, 2.05) is 47.9 Å². The summed E-state index contributed by atoms with van der Waals surface area (Å²) in [5, 5.41) is 0.491. The normalized spacial score (nSPS) is 12.8. The maximum Gasteiger partial charge on any atom is 0.132 e. The number of alkyl halides is 1. The highest BCUT2D eigenvalue weighted by Gasteiger charge is 2.18. The Hall–Kier alpha value is -1.51. The molecular formula is C16H14Cl2N2. The molecule has 0 fully saturated rings. The number of benzene rings is 2. The van der Waals surface area contributed by atoms with E-state index in [-0.39, 0.29) is 5.38 Å². The van der Waals surface area contributed by atoms with Gasteiger partial charge in [-0.3, -0.25) is 4.57 Å². The van der Waals surface area contributed by atoms with Gasteiger partial charge in [-0.2, -0.15) is 0 Å². The van der Waals surface area contributed by atoms with Gasteiger partial charge >= 0.3 is 0 Å². The topological polar surface area (TPSA) is 17.8 Å². The molecule has 3 rings (SSSR count). The van der Waals surface area contributed by atoms with E-state index in [0.717, 1.165) is 28.1 Å². The Balaban J connectivity index is 2.42. The van der Waals surface area contributed by atoms with E-state index in [4.69, 9.17) is 28.2 Å². The number of para-hydroxylation sites is 2. The number of imidazole rings is 1. The lowest BCUT2D eigenvalue weighted by molar-refractivity contribution is 0.882. The lowest BCUT2D eigenvalue weighted by Crippen LogP contribution is -2.02. The minimum absolute atomic E-state index is 0.196. The van der Waals surface area contributed by atoms with Crippen molar-refractivity contribution >= 4 is 34.2 Å². The van der Waals surface area contributed by atoms with Crippen LogP contribution in [0.4, 0.5) is 0 Å². The van der Waals surface area contributed by atoms with Gasteiger partial charge in [0.05, 0.1) is 27.1 Å². The molecule has 0 aliphatic carbocycles. The van der Waals surface area contributed by atoms with Crippen molar-refractivity contribution in [2.75, 3.05) is 0 Å². The number of rotatable bonds is 2. The number of hydrogen-bond acceptors (Lipinski definition) is 1. The van der Waals surface area contributed by atoms with Crippen molar-refractivity contribution < 1.29 is 0 Å². The minimum Gasteiger partial charge on any atom is -0.294 e. The summed E-state index contributed by atoms with van der Waals surface area (Å²) in [7, 11) is 0. The lowest BCUT2D eigenvalue weighted by Gasteiger charge is -2.12. The van der Waals surface area contributed by atoms with Crippen LogP contribution in [0.3, 0.4) is 0 Å². The summed E-state index contributed by atoms with van der Waals surface area (Å²) in [6.45, 7) is 3.97. The Morgan fingerprint density at radius 1 is 1.10 bits per heavy atom. The average Bonchev–Trinajstić information content (AvgIpc) is 2.80. The van der Waals surface area contributed by atoms with Gasteiger partial charge in [0.1, 0.15) is 5.82 Å². The average molecular weight is 305 g/mol. The number of hydrogen-bond donors (Lipinski definition) is 0. The van der Waals surface area contributed by atoms with Crippen LogP contribution in [-0.2, 0) is 0 Å². The lowest BCUT2D eigenvalue weighted by atomic mass is 10.2. The fraction of sp³-hybridized carbons (Fsp3) is 0.188. The molecule has 1 atom stereocenters. The standard InChI is InChI=1S/C16H14Cl2N2/c1-10-6-5-9-14-15(10)19-16(11(2)17)20(14)13-8-4-3-7-12(13)18/h3-9,11H,1-2H3. The smallest absolute Gasteiger partial charge is 0.132 e. The fourth-order valence-corrected chi connectivity index (χ4v) is 2.78. The summed E-state index contributed by atoms with van der Waals surface area (Å²) in [4.78, 5) is 4.70. The zero-order chi connectivity index (χ0) is 14.3. The van der Waals surface area contributed by atoms with Crippen LogP contribution in [0.1, 0.15) is 23.7 Å². The first-order valence-corrected chi connectivity index (χ1v) is 7.28. The molecule has 102 valence electrons. The maximum absolute atomic E-state index is 6.34. The monoisotopic (exact) mass is 304 g/mol. The van der Waals surface area contributed by atoms with Crippen LogP contribution in [0.25, 0.3) is 16.7 Å². The van der Waals surface area contributed by atoms with E-state index in [2.05, 4.69) is 13.0 Å². The van der Waals surface area contributed by atoms with Crippen LogP contribution in [0, 0.1) is 6.92 Å². The Morgan fingerprint density at radius 2 is 1.85 bits per heavy atom. The van der Waals surface area contributed by atoms with Gasteiger partial charge in [0.25, 0.3) is 0 Å². The third kappa shape index (κ3) is 2.09. The van der Waals surface area contributed by atoms with Gasteiger partial charge in [-0.1, -0.05) is 35.9 Å². The van der Waals surface area contributed by atoms with Crippen LogP contribution in [0.2, 0.25) is 5.02 Å². The Morgan fingerprint density at radius 3 is 2.55 bits per heavy atom. The van der Waals surface area contributed by atoms with Crippen molar-refractivity contribution in [3.05, 3.63) is 58.9 Å². The molecule has 1 unspecified atom stereocenters. The molecule has 20 heavy (non-hydrogen) atoms. The van der Waals surface area contributed by atoms with Crippen molar-refractivity contribution in [1.82, 2.24) is 9.55 Å². The van der Waals surface area contributed by atoms with Crippen molar-refractivity contribution in [3.63, 3.8) is 0 Å². The molecule has 4 heteroatoms. The molecule has 0 spiro atoms. The molecule has 3 aromatic rings. The molecule has 0 bridgehead atoms. The van der Waals surface area contributed by atoms with Gasteiger partial charge in [0, 0.05) is 0 Å². The molecule has 0 aliphatic rings. The molecule has 2 nitrogen and oxygen atoms in total. The summed E-state index contributed by atoms with van der Waals surface area (Å²) in [6.07, 6.45) is 0. The minimum atomic E-state index is -0.196. The number of aryl methyl sites for hydroxylation is 1. The molecule has 0 amide bonds. The van der Waals surface area contributed by atoms with Crippen molar-refractivity contribution in [2.24, 2.45) is 0 Å². The molecular weight excluding hydrogens is 291 g/mol. The Bertz CT molecular complexity index is 775. The highest BCUT2D eigenvalue weighted by atomic mass is 35.5. The SMILES string of the molecule is Cc1cccc2c1nc(C(C)Cl)n2-c1ccccc1Cl. The van der Waals surface area contributed by atoms with Gasteiger partial charge in [0.2, 0.25) is 0 Å². The van der Waals surface area contributed by atoms with Crippen LogP contribution in [-0.4, -0.2) is 9.55 Å². The fourth-order valence-electron chi connectivity index (χ4n) is 2.41. The second kappa shape index (κ2) is 5.12. The summed E-state index contributed by atoms with van der Waals surface area (Å²) in [5.74, 6) is 0.809. The van der Waals surface area contributed by atoms with E-state index >= 15 is 0 Å². The van der Waals surface area contributed by atoms with Gasteiger partial charge in [-0.25, -0.2) is 4.98 Å². The van der Waals surface area contributed by atoms with Gasteiger partial charge < -0.3 is 0 Å². The van der Waals surface area contributed by atoms with Gasteiger partial charge in [-0.15, -0.1) is 11.6 Å². The second-order valence-electron chi connectivity index (χ2n) is 4.82. The molecule has 0 aliphatic heterocycles. The predicted octanol–water partition coefficient (Wildman–Crippen LogP) is 5.29. The predicted molar refractivity (Wildman–Crippen MR) is 85.1 cm³/mol. The van der Waals surface area contributed by atoms with E-state index in [1.54, 1.807) is 0 Å². The summed E-state index contributed by atoms with van der Waals surface area (Å²) >= 11 is 12.6. The second-order valence-corrected chi connectivity index (χ2v) is 5.88. The molecule has 0 saturated carbocycles. The number of fused-ring (bicyclic) bond motifs is 1. The first kappa shape index (κ1) is 13.5. The van der Waals surface area contributed by atoms with E-state index < -0.39 is 0 Å². The third-order valence-corrected chi connectivity index (χ3v) is 3.88. The highest BCUT2D eigenvalue weighted by molar-refractivity contribution is 6.32. The van der Waals surface area contributed by atoms with Gasteiger partial charge in [0.15, 0.2) is 0 Å². The molecule has 0 saturated heterocycles. The quantitative estimate of drug-likeness (QED) is 0.588. The molecule has 1 aromatic heterocycles. The van der Waals surface area contributed by atoms with Crippen LogP contribution in [0.15, 0.2) is 42.5 Å². The molecule has 1 heterocycles. The van der Waals surface area contributed by atoms with E-state index in [1.165, 1.54) is 0 Å². The van der Waals surface area contributed by atoms with Gasteiger partial charge in [-0.05, 0) is 37.6 Å². The van der Waals surface area contributed by atoms with Crippen LogP contribution < -0.4 is 0 Å². The Kier molecular flexibility index (Phi) is 3.45. The summed E-state index contributed by atoms with van der Waals surface area (Å²) in [5.41, 5.74) is 4.03. The van der Waals surface area contributed by atoms with Crippen molar-refractivity contribution in [3.8, 4) is 5.69 Å². The van der Waals surface area contributed by atoms with Crippen LogP contribution >= 0.6 is 23.2 Å². The zero-order valence-electron chi connectivity index (χ0n) is 11.3. The highest BCUT2D eigenvalue weighted by Crippen LogP contribution is 2.32. The molecule has 0 N–H and O–H groups in total.